The highest BCUT2D eigenvalue weighted by molar-refractivity contribution is 7.85. The smallest absolute Gasteiger partial charge is 0.267 e. The van der Waals surface area contributed by atoms with E-state index in [2.05, 4.69) is 26.1 Å². The molecule has 0 aliphatic heterocycles. The van der Waals surface area contributed by atoms with Gasteiger partial charge in [0, 0.05) is 19.4 Å². The Kier molecular flexibility index (Phi) is 10.7. The molecule has 10 nitrogen and oxygen atoms in total. The molecular weight excluding hydrogens is 572 g/mol. The first-order chi connectivity index (χ1) is 19.9. The van der Waals surface area contributed by atoms with E-state index < -0.39 is 28.1 Å². The predicted molar refractivity (Wildman–Crippen MR) is 164 cm³/mol. The summed E-state index contributed by atoms with van der Waals surface area (Å²) in [6.45, 7) is 8.10. The third kappa shape index (κ3) is 7.60. The van der Waals surface area contributed by atoms with E-state index in [9.17, 15) is 33.6 Å². The van der Waals surface area contributed by atoms with Crippen LogP contribution in [0.3, 0.4) is 0 Å². The minimum Gasteiger partial charge on any atom is -0.393 e. The third-order valence-electron chi connectivity index (χ3n) is 12.7. The van der Waals surface area contributed by atoms with Crippen LogP contribution in [0.25, 0.3) is 0 Å². The molecule has 0 aromatic rings. The first-order valence-electron chi connectivity index (χ1n) is 16.6. The molecule has 11 heteroatoms. The fourth-order valence-electron chi connectivity index (χ4n) is 10.5. The Morgan fingerprint density at radius 1 is 1.05 bits per heavy atom. The quantitative estimate of drug-likeness (QED) is 0.108. The molecule has 12 atom stereocenters. The zero-order valence-electron chi connectivity index (χ0n) is 27.0. The Bertz CT molecular complexity index is 1090. The summed E-state index contributed by atoms with van der Waals surface area (Å²) in [6.07, 6.45) is 5.56. The number of hydrogen-bond donors (Lipinski definition) is 6. The molecule has 0 spiro atoms. The second-order valence-corrected chi connectivity index (χ2v) is 17.5. The van der Waals surface area contributed by atoms with Gasteiger partial charge in [-0.2, -0.15) is 8.42 Å². The molecule has 43 heavy (non-hydrogen) atoms. The number of nitrogens with zero attached hydrogens (tertiary/aromatic N) is 1. The number of likely N-dealkylation sites (N-methyl/N-ethyl adjacent to an activating group) is 1. The summed E-state index contributed by atoms with van der Waals surface area (Å²) in [4.78, 5) is 12.7. The number of carbonyl (C=O) groups is 1. The van der Waals surface area contributed by atoms with Crippen LogP contribution in [0, 0.1) is 46.3 Å². The van der Waals surface area contributed by atoms with Gasteiger partial charge in [-0.1, -0.05) is 20.8 Å². The lowest BCUT2D eigenvalue weighted by Crippen LogP contribution is -2.62. The average Bonchev–Trinajstić information content (AvgIpc) is 3.24. The average molecular weight is 632 g/mol. The van der Waals surface area contributed by atoms with Gasteiger partial charge >= 0.3 is 0 Å². The largest absolute Gasteiger partial charge is 0.393 e. The minimum absolute atomic E-state index is 0.00585. The topological polar surface area (TPSA) is 164 Å². The molecule has 6 N–H and O–H groups in total. The van der Waals surface area contributed by atoms with Crippen LogP contribution in [0.5, 0.6) is 0 Å². The maximum Gasteiger partial charge on any atom is 0.267 e. The summed E-state index contributed by atoms with van der Waals surface area (Å²) in [7, 11) is -0.484. The molecule has 0 aromatic heterocycles. The number of rotatable bonds is 12. The SMILES string of the molecule is C[C@H](CCC(=O)NCCC[N+](C)(C)C[C@H](O)CS(=O)(=O)O)[C@H]1CC[C@H]2[C@H]3[C@H](O)C[C@@H]4C[C@H](O)CC[C@]4(C)[C@H]3C[C@H](O)[C@]12C. The predicted octanol–water partition coefficient (Wildman–Crippen LogP) is 2.20. The zero-order chi connectivity index (χ0) is 32.0. The molecule has 4 saturated carbocycles. The van der Waals surface area contributed by atoms with Gasteiger partial charge in [0.15, 0.2) is 0 Å². The van der Waals surface area contributed by atoms with Crippen LogP contribution >= 0.6 is 0 Å². The van der Waals surface area contributed by atoms with Gasteiger partial charge in [-0.05, 0) is 97.7 Å². The van der Waals surface area contributed by atoms with E-state index in [1.54, 1.807) is 0 Å². The van der Waals surface area contributed by atoms with Crippen LogP contribution < -0.4 is 5.32 Å². The summed E-state index contributed by atoms with van der Waals surface area (Å²) in [6, 6.07) is 0. The normalized spacial score (nSPS) is 41.1. The van der Waals surface area contributed by atoms with E-state index in [0.717, 1.165) is 44.9 Å². The van der Waals surface area contributed by atoms with Crippen molar-refractivity contribution in [2.75, 3.05) is 39.5 Å². The van der Waals surface area contributed by atoms with E-state index in [4.69, 9.17) is 4.55 Å². The highest BCUT2D eigenvalue weighted by Crippen LogP contribution is 2.68. The van der Waals surface area contributed by atoms with Crippen molar-refractivity contribution in [3.8, 4) is 0 Å². The monoisotopic (exact) mass is 631 g/mol. The third-order valence-corrected chi connectivity index (χ3v) is 13.5. The molecule has 1 amide bonds. The number of amides is 1. The number of aliphatic hydroxyl groups excluding tert-OH is 4. The van der Waals surface area contributed by atoms with Gasteiger partial charge in [0.1, 0.15) is 18.4 Å². The second kappa shape index (κ2) is 13.1. The van der Waals surface area contributed by atoms with Crippen molar-refractivity contribution < 1.29 is 42.7 Å². The lowest BCUT2D eigenvalue weighted by molar-refractivity contribution is -0.893. The summed E-state index contributed by atoms with van der Waals surface area (Å²) >= 11 is 0. The van der Waals surface area contributed by atoms with Crippen molar-refractivity contribution in [3.63, 3.8) is 0 Å². The van der Waals surface area contributed by atoms with E-state index in [0.29, 0.717) is 48.7 Å². The van der Waals surface area contributed by atoms with Crippen molar-refractivity contribution >= 4 is 16.0 Å². The van der Waals surface area contributed by atoms with Gasteiger partial charge in [0.25, 0.3) is 10.1 Å². The first-order valence-corrected chi connectivity index (χ1v) is 18.2. The van der Waals surface area contributed by atoms with Gasteiger partial charge in [0.2, 0.25) is 5.91 Å². The van der Waals surface area contributed by atoms with Gasteiger partial charge in [-0.25, -0.2) is 0 Å². The number of hydrogen-bond acceptors (Lipinski definition) is 7. The maximum atomic E-state index is 12.7. The van der Waals surface area contributed by atoms with Crippen molar-refractivity contribution in [3.05, 3.63) is 0 Å². The van der Waals surface area contributed by atoms with Crippen LogP contribution in [0.2, 0.25) is 0 Å². The lowest BCUT2D eigenvalue weighted by atomic mass is 9.43. The van der Waals surface area contributed by atoms with E-state index in [-0.39, 0.29) is 59.2 Å². The summed E-state index contributed by atoms with van der Waals surface area (Å²) < 4.78 is 31.3. The standard InChI is InChI=1S/C32H58N2O8S/c1-20(7-10-29(39)33-13-6-14-34(4,5)18-23(36)19-43(40,41)42)24-8-9-25-30-26(17-28(38)32(24,25)3)31(2)12-11-22(35)15-21(31)16-27(30)37/h20-28,30,35-38H,6-19H2,1-5H3,(H-,33,39,40,41,42)/p+1/t20-,21+,22-,23+,24-,25+,26+,27-,28+,30-,31+,32-/m1/s1. The molecule has 4 rings (SSSR count). The molecule has 0 radical (unpaired) electrons. The molecular formula is C32H59N2O8S+. The summed E-state index contributed by atoms with van der Waals surface area (Å²) in [5.41, 5.74) is -0.222. The molecule has 250 valence electrons. The van der Waals surface area contributed by atoms with E-state index in [1.165, 1.54) is 0 Å². The fourth-order valence-corrected chi connectivity index (χ4v) is 11.1. The lowest BCUT2D eigenvalue weighted by Gasteiger charge is -2.63. The number of quaternary nitrogens is 1. The Hall–Kier alpha value is -0.820. The second-order valence-electron chi connectivity index (χ2n) is 16.0. The van der Waals surface area contributed by atoms with Crippen LogP contribution in [0.1, 0.15) is 85.0 Å². The Labute approximate surface area is 259 Å². The van der Waals surface area contributed by atoms with E-state index in [1.807, 2.05) is 14.1 Å². The van der Waals surface area contributed by atoms with Gasteiger partial charge in [-0.15, -0.1) is 0 Å². The molecule has 0 aromatic carbocycles. The van der Waals surface area contributed by atoms with Crippen molar-refractivity contribution in [2.45, 2.75) is 109 Å². The fraction of sp³-hybridized carbons (Fsp3) is 0.969. The van der Waals surface area contributed by atoms with Crippen molar-refractivity contribution in [2.24, 2.45) is 46.3 Å². The number of fused-ring (bicyclic) bond motifs is 5. The van der Waals surface area contributed by atoms with Crippen LogP contribution in [0.4, 0.5) is 0 Å². The summed E-state index contributed by atoms with van der Waals surface area (Å²) in [5.74, 6) is 0.890. The van der Waals surface area contributed by atoms with Gasteiger partial charge < -0.3 is 30.2 Å². The zero-order valence-corrected chi connectivity index (χ0v) is 27.8. The molecule has 0 saturated heterocycles. The molecule has 4 fully saturated rings. The number of carbonyl (C=O) groups excluding carboxylic acids is 1. The van der Waals surface area contributed by atoms with Gasteiger partial charge in [0.05, 0.1) is 39.0 Å². The molecule has 0 bridgehead atoms. The van der Waals surface area contributed by atoms with Crippen molar-refractivity contribution in [1.82, 2.24) is 5.32 Å². The van der Waals surface area contributed by atoms with Crippen LogP contribution in [0.15, 0.2) is 0 Å². The Morgan fingerprint density at radius 3 is 2.42 bits per heavy atom. The highest BCUT2D eigenvalue weighted by Gasteiger charge is 2.65. The summed E-state index contributed by atoms with van der Waals surface area (Å²) in [5, 5.41) is 46.5. The van der Waals surface area contributed by atoms with Crippen LogP contribution in [-0.4, -0.2) is 108 Å². The Balaban J connectivity index is 1.27. The number of nitrogens with one attached hydrogen (secondary N) is 1. The van der Waals surface area contributed by atoms with Crippen LogP contribution in [-0.2, 0) is 14.9 Å². The Morgan fingerprint density at radius 2 is 1.74 bits per heavy atom. The molecule has 0 heterocycles. The molecule has 4 aliphatic rings. The van der Waals surface area contributed by atoms with E-state index >= 15 is 0 Å². The van der Waals surface area contributed by atoms with Crippen molar-refractivity contribution in [1.29, 1.82) is 0 Å². The highest BCUT2D eigenvalue weighted by atomic mass is 32.2. The molecule has 0 unspecified atom stereocenters. The maximum absolute atomic E-state index is 12.7. The van der Waals surface area contributed by atoms with Gasteiger partial charge in [-0.3, -0.25) is 9.35 Å². The molecule has 4 aliphatic carbocycles. The first kappa shape index (κ1) is 35.0. The minimum atomic E-state index is -4.23. The number of aliphatic hydroxyl groups is 4.